The molecule has 4 rings (SSSR count). The van der Waals surface area contributed by atoms with Gasteiger partial charge in [-0.25, -0.2) is 12.4 Å². The lowest BCUT2D eigenvalue weighted by Crippen LogP contribution is -2.24. The van der Waals surface area contributed by atoms with E-state index in [1.807, 2.05) is 30.3 Å². The third-order valence-corrected chi connectivity index (χ3v) is 7.72. The van der Waals surface area contributed by atoms with Crippen LogP contribution in [0.3, 0.4) is 0 Å². The topological polar surface area (TPSA) is 76.4 Å². The quantitative estimate of drug-likeness (QED) is 0.377. The van der Waals surface area contributed by atoms with E-state index in [9.17, 15) is 18.3 Å². The predicted molar refractivity (Wildman–Crippen MR) is 124 cm³/mol. The minimum absolute atomic E-state index is 0.164. The molecule has 1 N–H and O–H groups in total. The van der Waals surface area contributed by atoms with Crippen LogP contribution in [0.15, 0.2) is 79.4 Å². The second kappa shape index (κ2) is 7.87. The van der Waals surface area contributed by atoms with Gasteiger partial charge in [-0.3, -0.25) is 4.79 Å². The number of carboxylic acids is 1. The van der Waals surface area contributed by atoms with E-state index < -0.39 is 27.2 Å². The molecular formula is C24H20ClNO4S. The molecule has 0 aliphatic carbocycles. The molecule has 1 heterocycles. The number of halogens is 1. The van der Waals surface area contributed by atoms with Crippen LogP contribution in [0.5, 0.6) is 0 Å². The van der Waals surface area contributed by atoms with Gasteiger partial charge in [0.1, 0.15) is 5.25 Å². The summed E-state index contributed by atoms with van der Waals surface area (Å²) in [5, 5.41) is 11.2. The lowest BCUT2D eigenvalue weighted by atomic mass is 10.0. The molecule has 0 aliphatic heterocycles. The van der Waals surface area contributed by atoms with Gasteiger partial charge in [0.05, 0.1) is 11.4 Å². The summed E-state index contributed by atoms with van der Waals surface area (Å²) >= 11 is 6.10. The Kier molecular flexibility index (Phi) is 5.37. The fourth-order valence-corrected chi connectivity index (χ4v) is 6.04. The van der Waals surface area contributed by atoms with Crippen LogP contribution < -0.4 is 0 Å². The first-order valence-electron chi connectivity index (χ1n) is 9.64. The number of carboxylic acid groups (broad SMARTS) is 1. The fraction of sp³-hybridized carbons (Fsp3) is 0.125. The normalized spacial score (nSPS) is 13.9. The highest BCUT2D eigenvalue weighted by molar-refractivity contribution is 7.90. The number of aromatic nitrogens is 1. The summed E-state index contributed by atoms with van der Waals surface area (Å²) in [4.78, 5) is 11.8. The van der Waals surface area contributed by atoms with E-state index in [4.69, 9.17) is 11.6 Å². The van der Waals surface area contributed by atoms with Crippen LogP contribution in [0.1, 0.15) is 29.3 Å². The minimum Gasteiger partial charge on any atom is -0.481 e. The molecule has 2 unspecified atom stereocenters. The summed E-state index contributed by atoms with van der Waals surface area (Å²) < 4.78 is 29.1. The third kappa shape index (κ3) is 3.52. The maximum atomic E-state index is 14.0. The first kappa shape index (κ1) is 21.2. The Morgan fingerprint density at radius 1 is 1.06 bits per heavy atom. The first-order chi connectivity index (χ1) is 14.8. The number of rotatable bonds is 6. The standard InChI is InChI=1S/C24H20ClNO4S/c1-3-23(20-10-6-8-16-7-4-5-9-19(16)20)31(29,30)26-21-12-11-18(25)13-17(21)14-22(26)15(2)24(27)28/h3-15,23H,1H2,2H3,(H,27,28). The van der Waals surface area contributed by atoms with Gasteiger partial charge in [0.25, 0.3) is 0 Å². The molecule has 0 spiro atoms. The molecular weight excluding hydrogens is 434 g/mol. The second-order valence-corrected chi connectivity index (χ2v) is 9.71. The van der Waals surface area contributed by atoms with Crippen molar-refractivity contribution >= 4 is 49.3 Å². The highest BCUT2D eigenvalue weighted by atomic mass is 35.5. The number of nitrogens with zero attached hydrogens (tertiary/aromatic N) is 1. The van der Waals surface area contributed by atoms with Crippen LogP contribution in [0.25, 0.3) is 21.7 Å². The van der Waals surface area contributed by atoms with Gasteiger partial charge < -0.3 is 5.11 Å². The van der Waals surface area contributed by atoms with Crippen LogP contribution in [-0.2, 0) is 14.8 Å². The molecule has 0 saturated heterocycles. The Hall–Kier alpha value is -3.09. The Balaban J connectivity index is 2.02. The van der Waals surface area contributed by atoms with E-state index in [1.54, 1.807) is 36.4 Å². The van der Waals surface area contributed by atoms with Gasteiger partial charge in [0.2, 0.25) is 10.0 Å². The number of benzene rings is 3. The van der Waals surface area contributed by atoms with Crippen LogP contribution in [0.4, 0.5) is 0 Å². The van der Waals surface area contributed by atoms with Gasteiger partial charge in [-0.1, -0.05) is 60.1 Å². The van der Waals surface area contributed by atoms with Crippen molar-refractivity contribution in [3.63, 3.8) is 0 Å². The molecule has 158 valence electrons. The highest BCUT2D eigenvalue weighted by Gasteiger charge is 2.33. The van der Waals surface area contributed by atoms with E-state index >= 15 is 0 Å². The third-order valence-electron chi connectivity index (χ3n) is 5.48. The van der Waals surface area contributed by atoms with Gasteiger partial charge in [0, 0.05) is 16.1 Å². The molecule has 3 aromatic carbocycles. The Morgan fingerprint density at radius 3 is 2.48 bits per heavy atom. The van der Waals surface area contributed by atoms with E-state index in [-0.39, 0.29) is 5.69 Å². The Labute approximate surface area is 185 Å². The monoisotopic (exact) mass is 453 g/mol. The Morgan fingerprint density at radius 2 is 1.77 bits per heavy atom. The predicted octanol–water partition coefficient (Wildman–Crippen LogP) is 5.74. The molecule has 31 heavy (non-hydrogen) atoms. The molecule has 4 aromatic rings. The van der Waals surface area contributed by atoms with Crippen molar-refractivity contribution in [2.75, 3.05) is 0 Å². The summed E-state index contributed by atoms with van der Waals surface area (Å²) in [5.74, 6) is -2.16. The lowest BCUT2D eigenvalue weighted by Gasteiger charge is -2.21. The van der Waals surface area contributed by atoms with Crippen LogP contribution in [0.2, 0.25) is 5.02 Å². The van der Waals surface area contributed by atoms with Crippen LogP contribution in [-0.4, -0.2) is 23.5 Å². The first-order valence-corrected chi connectivity index (χ1v) is 11.5. The summed E-state index contributed by atoms with van der Waals surface area (Å²) in [6, 6.07) is 19.4. The van der Waals surface area contributed by atoms with Gasteiger partial charge >= 0.3 is 5.97 Å². The largest absolute Gasteiger partial charge is 0.481 e. The zero-order chi connectivity index (χ0) is 22.3. The number of hydrogen-bond acceptors (Lipinski definition) is 3. The number of hydrogen-bond donors (Lipinski definition) is 1. The van der Waals surface area contributed by atoms with Crippen molar-refractivity contribution < 1.29 is 18.3 Å². The summed E-state index contributed by atoms with van der Waals surface area (Å²) in [6.45, 7) is 5.26. The van der Waals surface area contributed by atoms with Crippen molar-refractivity contribution in [3.8, 4) is 0 Å². The minimum atomic E-state index is -4.11. The van der Waals surface area contributed by atoms with Crippen molar-refractivity contribution in [1.82, 2.24) is 3.97 Å². The molecule has 0 fully saturated rings. The molecule has 0 amide bonds. The van der Waals surface area contributed by atoms with Gasteiger partial charge in [0.15, 0.2) is 0 Å². The maximum absolute atomic E-state index is 14.0. The van der Waals surface area contributed by atoms with Crippen molar-refractivity contribution in [2.24, 2.45) is 0 Å². The van der Waals surface area contributed by atoms with Gasteiger partial charge in [-0.05, 0) is 47.5 Å². The highest BCUT2D eigenvalue weighted by Crippen LogP contribution is 2.37. The molecule has 5 nitrogen and oxygen atoms in total. The summed E-state index contributed by atoms with van der Waals surface area (Å²) in [5.41, 5.74) is 1.12. The Bertz CT molecular complexity index is 1430. The zero-order valence-electron chi connectivity index (χ0n) is 16.7. The van der Waals surface area contributed by atoms with E-state index in [0.717, 1.165) is 14.7 Å². The van der Waals surface area contributed by atoms with Gasteiger partial charge in [-0.2, -0.15) is 0 Å². The molecule has 0 saturated carbocycles. The molecule has 0 bridgehead atoms. The molecule has 0 aliphatic rings. The SMILES string of the molecule is C=CC(c1cccc2ccccc12)S(=O)(=O)n1c(C(C)C(=O)O)cc2cc(Cl)ccc21. The summed E-state index contributed by atoms with van der Waals surface area (Å²) in [7, 11) is -4.11. The summed E-state index contributed by atoms with van der Waals surface area (Å²) in [6.07, 6.45) is 1.38. The van der Waals surface area contributed by atoms with E-state index in [0.29, 0.717) is 21.5 Å². The van der Waals surface area contributed by atoms with Crippen molar-refractivity contribution in [2.45, 2.75) is 18.1 Å². The van der Waals surface area contributed by atoms with Crippen molar-refractivity contribution in [3.05, 3.63) is 95.7 Å². The number of fused-ring (bicyclic) bond motifs is 2. The molecule has 1 aromatic heterocycles. The smallest absolute Gasteiger partial charge is 0.312 e. The second-order valence-electron chi connectivity index (χ2n) is 7.37. The van der Waals surface area contributed by atoms with Crippen molar-refractivity contribution in [1.29, 1.82) is 0 Å². The van der Waals surface area contributed by atoms with Crippen LogP contribution >= 0.6 is 11.6 Å². The molecule has 0 radical (unpaired) electrons. The number of aliphatic carboxylic acids is 1. The van der Waals surface area contributed by atoms with Gasteiger partial charge in [-0.15, -0.1) is 6.58 Å². The van der Waals surface area contributed by atoms with E-state index in [2.05, 4.69) is 6.58 Å². The maximum Gasteiger partial charge on any atom is 0.312 e. The number of carbonyl (C=O) groups is 1. The van der Waals surface area contributed by atoms with Crippen LogP contribution in [0, 0.1) is 0 Å². The lowest BCUT2D eigenvalue weighted by molar-refractivity contribution is -0.138. The average molecular weight is 454 g/mol. The average Bonchev–Trinajstić information content (AvgIpc) is 3.13. The molecule has 7 heteroatoms. The fourth-order valence-electron chi connectivity index (χ4n) is 3.92. The zero-order valence-corrected chi connectivity index (χ0v) is 18.3. The molecule has 2 atom stereocenters. The van der Waals surface area contributed by atoms with E-state index in [1.165, 1.54) is 13.0 Å².